The Labute approximate surface area is 222 Å². The van der Waals surface area contributed by atoms with Gasteiger partial charge in [-0.15, -0.1) is 0 Å². The van der Waals surface area contributed by atoms with Crippen molar-refractivity contribution < 1.29 is 33.1 Å². The van der Waals surface area contributed by atoms with Crippen LogP contribution >= 0.6 is 0 Å². The van der Waals surface area contributed by atoms with Gasteiger partial charge < -0.3 is 20.6 Å². The molecular weight excluding hydrogens is 494 g/mol. The Morgan fingerprint density at radius 3 is 2.43 bits per heavy atom. The van der Waals surface area contributed by atoms with Crippen molar-refractivity contribution in [1.29, 1.82) is 0 Å². The average molecular weight is 544 g/mol. The summed E-state index contributed by atoms with van der Waals surface area (Å²) in [5.74, 6) is 0.671. The quantitative estimate of drug-likeness (QED) is 0.296. The second kappa shape index (κ2) is 10.7. The number of aliphatic hydroxyl groups is 3. The molecule has 0 aromatic heterocycles. The van der Waals surface area contributed by atoms with Gasteiger partial charge >= 0.3 is 0 Å². The van der Waals surface area contributed by atoms with Gasteiger partial charge in [0.1, 0.15) is 0 Å². The number of carbonyl (C=O) groups excluding carboxylic acids is 1. The first-order valence-electron chi connectivity index (χ1n) is 14.5. The lowest BCUT2D eigenvalue weighted by atomic mass is 9.40. The molecule has 4 saturated carbocycles. The Hall–Kier alpha value is -0.740. The van der Waals surface area contributed by atoms with Crippen LogP contribution in [0.2, 0.25) is 0 Å². The van der Waals surface area contributed by atoms with Crippen LogP contribution in [0, 0.1) is 52.3 Å². The fourth-order valence-corrected chi connectivity index (χ4v) is 10.4. The van der Waals surface area contributed by atoms with E-state index in [4.69, 9.17) is 4.55 Å². The first-order valence-corrected chi connectivity index (χ1v) is 16.1. The third kappa shape index (κ3) is 5.37. The second-order valence-electron chi connectivity index (χ2n) is 13.4. The SMILES string of the molecule is CC[C@H]1[C@@H](O)[C@@H]2[C@H]([C@@H](O)C[C@]3(C)[C@@H]([C@H](C)CCC(=O)NCCS(=O)(=O)O)CC[C@@H]23)[C@@]2(C)CC[C@@H](O)C[C@@H]12. The molecule has 9 heteroatoms. The van der Waals surface area contributed by atoms with Crippen molar-refractivity contribution in [1.82, 2.24) is 5.32 Å². The second-order valence-corrected chi connectivity index (χ2v) is 15.0. The van der Waals surface area contributed by atoms with Gasteiger partial charge in [0.05, 0.1) is 24.1 Å². The van der Waals surface area contributed by atoms with Gasteiger partial charge in [0.15, 0.2) is 0 Å². The molecule has 8 nitrogen and oxygen atoms in total. The highest BCUT2D eigenvalue weighted by atomic mass is 32.2. The van der Waals surface area contributed by atoms with Crippen molar-refractivity contribution in [3.63, 3.8) is 0 Å². The number of nitrogens with one attached hydrogen (secondary N) is 1. The van der Waals surface area contributed by atoms with Crippen molar-refractivity contribution in [2.45, 2.75) is 104 Å². The lowest BCUT2D eigenvalue weighted by molar-refractivity contribution is -0.235. The summed E-state index contributed by atoms with van der Waals surface area (Å²) in [7, 11) is -4.10. The highest BCUT2D eigenvalue weighted by Gasteiger charge is 2.67. The highest BCUT2D eigenvalue weighted by Crippen LogP contribution is 2.69. The van der Waals surface area contributed by atoms with Crippen molar-refractivity contribution in [2.24, 2.45) is 52.3 Å². The predicted molar refractivity (Wildman–Crippen MR) is 141 cm³/mol. The fourth-order valence-electron chi connectivity index (χ4n) is 10.0. The molecule has 12 atom stereocenters. The van der Waals surface area contributed by atoms with E-state index in [-0.39, 0.29) is 59.0 Å². The van der Waals surface area contributed by atoms with E-state index in [9.17, 15) is 28.5 Å². The van der Waals surface area contributed by atoms with E-state index in [2.05, 4.69) is 33.0 Å². The molecule has 0 radical (unpaired) electrons. The van der Waals surface area contributed by atoms with Crippen LogP contribution in [0.3, 0.4) is 0 Å². The first-order chi connectivity index (χ1) is 17.2. The van der Waals surface area contributed by atoms with Gasteiger partial charge in [-0.2, -0.15) is 8.42 Å². The Balaban J connectivity index is 1.48. The molecule has 37 heavy (non-hydrogen) atoms. The van der Waals surface area contributed by atoms with Crippen LogP contribution in [-0.2, 0) is 14.9 Å². The number of rotatable bonds is 8. The molecule has 4 rings (SSSR count). The number of carbonyl (C=O) groups is 1. The van der Waals surface area contributed by atoms with Crippen molar-refractivity contribution in [2.75, 3.05) is 12.3 Å². The summed E-state index contributed by atoms with van der Waals surface area (Å²) < 4.78 is 30.6. The van der Waals surface area contributed by atoms with Crippen LogP contribution in [0.25, 0.3) is 0 Å². The number of amides is 1. The smallest absolute Gasteiger partial charge is 0.266 e. The number of hydrogen-bond donors (Lipinski definition) is 5. The maximum atomic E-state index is 12.3. The van der Waals surface area contributed by atoms with Gasteiger partial charge in [0, 0.05) is 13.0 Å². The van der Waals surface area contributed by atoms with E-state index >= 15 is 0 Å². The molecule has 1 amide bonds. The van der Waals surface area contributed by atoms with Gasteiger partial charge in [-0.3, -0.25) is 9.35 Å². The molecule has 4 aliphatic carbocycles. The van der Waals surface area contributed by atoms with Crippen molar-refractivity contribution in [3.05, 3.63) is 0 Å². The van der Waals surface area contributed by atoms with E-state index in [1.165, 1.54) is 0 Å². The highest BCUT2D eigenvalue weighted by molar-refractivity contribution is 7.85. The Morgan fingerprint density at radius 2 is 1.78 bits per heavy atom. The maximum absolute atomic E-state index is 12.3. The summed E-state index contributed by atoms with van der Waals surface area (Å²) in [6.45, 7) is 8.84. The third-order valence-corrected chi connectivity index (χ3v) is 12.3. The van der Waals surface area contributed by atoms with Crippen LogP contribution in [0.1, 0.15) is 85.5 Å². The molecular formula is C28H49NO7S. The summed E-state index contributed by atoms with van der Waals surface area (Å²) >= 11 is 0. The molecule has 0 spiro atoms. The van der Waals surface area contributed by atoms with E-state index < -0.39 is 28.1 Å². The largest absolute Gasteiger partial charge is 0.393 e. The first kappa shape index (κ1) is 29.2. The van der Waals surface area contributed by atoms with Gasteiger partial charge in [-0.25, -0.2) is 0 Å². The Morgan fingerprint density at radius 1 is 1.08 bits per heavy atom. The lowest BCUT2D eigenvalue weighted by Gasteiger charge is -2.66. The van der Waals surface area contributed by atoms with E-state index in [1.54, 1.807) is 0 Å². The van der Waals surface area contributed by atoms with Crippen LogP contribution in [-0.4, -0.2) is 64.8 Å². The third-order valence-electron chi connectivity index (χ3n) is 11.6. The van der Waals surface area contributed by atoms with E-state index in [0.29, 0.717) is 31.1 Å². The molecule has 0 saturated heterocycles. The van der Waals surface area contributed by atoms with Crippen LogP contribution in [0.15, 0.2) is 0 Å². The summed E-state index contributed by atoms with van der Waals surface area (Å²) in [4.78, 5) is 12.3. The molecule has 0 aliphatic heterocycles. The monoisotopic (exact) mass is 543 g/mol. The van der Waals surface area contributed by atoms with Crippen LogP contribution in [0.5, 0.6) is 0 Å². The molecule has 0 aromatic rings. The molecule has 214 valence electrons. The van der Waals surface area contributed by atoms with Crippen molar-refractivity contribution >= 4 is 16.0 Å². The minimum atomic E-state index is -4.10. The Kier molecular flexibility index (Phi) is 8.44. The molecule has 0 bridgehead atoms. The molecule has 0 heterocycles. The number of aliphatic hydroxyl groups excluding tert-OH is 3. The molecule has 5 N–H and O–H groups in total. The van der Waals surface area contributed by atoms with Crippen LogP contribution in [0.4, 0.5) is 0 Å². The van der Waals surface area contributed by atoms with Gasteiger partial charge in [0.2, 0.25) is 5.91 Å². The fraction of sp³-hybridized carbons (Fsp3) is 0.964. The number of fused-ring (bicyclic) bond motifs is 5. The average Bonchev–Trinajstić information content (AvgIpc) is 3.14. The van der Waals surface area contributed by atoms with E-state index in [0.717, 1.165) is 38.5 Å². The summed E-state index contributed by atoms with van der Waals surface area (Å²) in [6.07, 6.45) is 5.71. The topological polar surface area (TPSA) is 144 Å². The Bertz CT molecular complexity index is 943. The predicted octanol–water partition coefficient (Wildman–Crippen LogP) is 3.00. The summed E-state index contributed by atoms with van der Waals surface area (Å²) in [5.41, 5.74) is -0.188. The van der Waals surface area contributed by atoms with E-state index in [1.807, 2.05) is 0 Å². The zero-order valence-electron chi connectivity index (χ0n) is 23.0. The normalized spacial score (nSPS) is 46.4. The number of hydrogen-bond acceptors (Lipinski definition) is 6. The van der Waals surface area contributed by atoms with Crippen molar-refractivity contribution in [3.8, 4) is 0 Å². The zero-order valence-corrected chi connectivity index (χ0v) is 23.8. The van der Waals surface area contributed by atoms with Gasteiger partial charge in [-0.1, -0.05) is 34.1 Å². The minimum absolute atomic E-state index is 0.0449. The molecule has 4 fully saturated rings. The summed E-state index contributed by atoms with van der Waals surface area (Å²) in [6, 6.07) is 0. The molecule has 4 aliphatic rings. The molecule has 0 aromatic carbocycles. The standard InChI is InChI=1S/C28H49NO7S/c1-5-18-21-14-17(30)10-11-27(21,3)25-22(31)15-28(4)19(7-8-20(28)24(25)26(18)33)16(2)6-9-23(32)29-12-13-37(34,35)36/h16-22,24-26,30-31,33H,5-15H2,1-4H3,(H,29,32)(H,34,35,36)/t16-,17-,18-,19-,20+,21+,22+,24+,25+,26-,27+,28-/m1/s1. The van der Waals surface area contributed by atoms with Crippen LogP contribution < -0.4 is 5.32 Å². The minimum Gasteiger partial charge on any atom is -0.393 e. The lowest BCUT2D eigenvalue weighted by Crippen LogP contribution is -2.65. The zero-order chi connectivity index (χ0) is 27.3. The molecule has 0 unspecified atom stereocenters. The van der Waals surface area contributed by atoms with Gasteiger partial charge in [0.25, 0.3) is 10.1 Å². The maximum Gasteiger partial charge on any atom is 0.266 e. The summed E-state index contributed by atoms with van der Waals surface area (Å²) in [5, 5.41) is 36.6. The van der Waals surface area contributed by atoms with Gasteiger partial charge in [-0.05, 0) is 97.2 Å².